The zero-order chi connectivity index (χ0) is 14.9. The topological polar surface area (TPSA) is 75.0 Å². The number of fused-ring (bicyclic) bond motifs is 1. The van der Waals surface area contributed by atoms with Crippen molar-refractivity contribution < 1.29 is 14.0 Å². The molecule has 0 aliphatic carbocycles. The highest BCUT2D eigenvalue weighted by molar-refractivity contribution is 7.15. The van der Waals surface area contributed by atoms with Gasteiger partial charge in [0.1, 0.15) is 5.82 Å². The van der Waals surface area contributed by atoms with Crippen molar-refractivity contribution in [1.29, 1.82) is 5.41 Å². The number of hydrogen-bond acceptors (Lipinski definition) is 3. The van der Waals surface area contributed by atoms with Gasteiger partial charge in [-0.25, -0.2) is 4.39 Å². The van der Waals surface area contributed by atoms with Gasteiger partial charge in [-0.3, -0.25) is 9.59 Å². The molecule has 2 N–H and O–H groups in total. The molecular formula is C13H13FN3O2P. The Morgan fingerprint density at radius 1 is 1.45 bits per heavy atom. The molecule has 0 saturated carbocycles. The first-order chi connectivity index (χ1) is 9.43. The number of amides is 1. The average Bonchev–Trinajstić information content (AvgIpc) is 2.67. The summed E-state index contributed by atoms with van der Waals surface area (Å²) in [5.41, 5.74) is 1.04. The first kappa shape index (κ1) is 14.3. The van der Waals surface area contributed by atoms with E-state index in [1.807, 2.05) is 0 Å². The van der Waals surface area contributed by atoms with Gasteiger partial charge in [-0.2, -0.15) is 0 Å². The Bertz CT molecular complexity index is 724. The highest BCUT2D eigenvalue weighted by Crippen LogP contribution is 2.28. The van der Waals surface area contributed by atoms with E-state index in [1.165, 1.54) is 19.1 Å². The number of anilines is 1. The van der Waals surface area contributed by atoms with E-state index in [0.717, 1.165) is 6.21 Å². The fourth-order valence-corrected chi connectivity index (χ4v) is 2.39. The zero-order valence-electron chi connectivity index (χ0n) is 10.7. The third-order valence-corrected chi connectivity index (χ3v) is 3.37. The number of nitrogens with zero attached hydrogens (tertiary/aromatic N) is 1. The van der Waals surface area contributed by atoms with Gasteiger partial charge >= 0.3 is 0 Å². The van der Waals surface area contributed by atoms with Crippen LogP contribution in [0.4, 0.5) is 10.1 Å². The number of carbonyl (C=O) groups excluding carboxylic acids is 2. The van der Waals surface area contributed by atoms with Gasteiger partial charge in [0.15, 0.2) is 5.78 Å². The molecule has 0 spiro atoms. The van der Waals surface area contributed by atoms with E-state index in [-0.39, 0.29) is 23.8 Å². The number of nitrogens with one attached hydrogen (secondary N) is 2. The van der Waals surface area contributed by atoms with E-state index < -0.39 is 5.82 Å². The van der Waals surface area contributed by atoms with Crippen molar-refractivity contribution in [2.24, 2.45) is 0 Å². The predicted molar refractivity (Wildman–Crippen MR) is 79.0 cm³/mol. The molecule has 20 heavy (non-hydrogen) atoms. The molecule has 1 aromatic carbocycles. The van der Waals surface area contributed by atoms with Crippen molar-refractivity contribution in [3.8, 4) is 0 Å². The minimum Gasteiger partial charge on any atom is -0.324 e. The molecule has 2 rings (SSSR count). The first-order valence-corrected chi connectivity index (χ1v) is 6.35. The van der Waals surface area contributed by atoms with Gasteiger partial charge in [-0.15, -0.1) is 0 Å². The van der Waals surface area contributed by atoms with Crippen molar-refractivity contribution in [2.45, 2.75) is 13.3 Å². The third-order valence-electron chi connectivity index (χ3n) is 2.81. The summed E-state index contributed by atoms with van der Waals surface area (Å²) in [6, 6.07) is 4.30. The SMILES string of the molecule is CC(=O)Nc1cc2c(cc1F)cc(C(=O)CC=N)n2P. The molecule has 0 radical (unpaired) electrons. The quantitative estimate of drug-likeness (QED) is 0.516. The lowest BCUT2D eigenvalue weighted by atomic mass is 10.2. The normalized spacial score (nSPS) is 10.6. The number of ketones is 1. The standard InChI is InChI=1S/C13H13FN3O2P/c1-7(18)16-10-6-11-8(4-9(10)14)5-12(17(11)20)13(19)2-3-15/h3-6,15H,2,20H2,1H3,(H,16,18). The molecule has 2 aromatic rings. The zero-order valence-corrected chi connectivity index (χ0v) is 11.9. The molecule has 1 amide bonds. The summed E-state index contributed by atoms with van der Waals surface area (Å²) in [5.74, 6) is -1.16. The smallest absolute Gasteiger partial charge is 0.221 e. The highest BCUT2D eigenvalue weighted by Gasteiger charge is 2.15. The summed E-state index contributed by atoms with van der Waals surface area (Å²) in [6.45, 7) is 1.29. The number of benzene rings is 1. The molecule has 1 heterocycles. The predicted octanol–water partition coefficient (Wildman–Crippen LogP) is 2.60. The van der Waals surface area contributed by atoms with E-state index in [2.05, 4.69) is 14.7 Å². The lowest BCUT2D eigenvalue weighted by Gasteiger charge is -2.06. The molecule has 1 unspecified atom stereocenters. The van der Waals surface area contributed by atoms with Gasteiger partial charge < -0.3 is 15.1 Å². The fourth-order valence-electron chi connectivity index (χ4n) is 1.95. The van der Waals surface area contributed by atoms with Gasteiger partial charge in [0.2, 0.25) is 5.91 Å². The lowest BCUT2D eigenvalue weighted by Crippen LogP contribution is -2.07. The molecule has 5 nitrogen and oxygen atoms in total. The third kappa shape index (κ3) is 2.60. The van der Waals surface area contributed by atoms with Crippen molar-refractivity contribution in [3.05, 3.63) is 29.7 Å². The van der Waals surface area contributed by atoms with Crippen LogP contribution in [0.15, 0.2) is 18.2 Å². The summed E-state index contributed by atoms with van der Waals surface area (Å²) >= 11 is 0. The maximum absolute atomic E-state index is 13.8. The van der Waals surface area contributed by atoms with Crippen molar-refractivity contribution >= 4 is 43.9 Å². The van der Waals surface area contributed by atoms with Crippen molar-refractivity contribution in [1.82, 2.24) is 4.34 Å². The van der Waals surface area contributed by atoms with Gasteiger partial charge in [-0.1, -0.05) is 0 Å². The molecule has 104 valence electrons. The molecule has 7 heteroatoms. The van der Waals surface area contributed by atoms with Gasteiger partial charge in [0, 0.05) is 24.9 Å². The van der Waals surface area contributed by atoms with Crippen LogP contribution in [-0.2, 0) is 4.79 Å². The summed E-state index contributed by atoms with van der Waals surface area (Å²) < 4.78 is 15.4. The van der Waals surface area contributed by atoms with Crippen LogP contribution in [-0.4, -0.2) is 22.2 Å². The van der Waals surface area contributed by atoms with Crippen molar-refractivity contribution in [2.75, 3.05) is 5.32 Å². The molecule has 0 fully saturated rings. The summed E-state index contributed by atoms with van der Waals surface area (Å²) in [6.07, 6.45) is 1.01. The van der Waals surface area contributed by atoms with Crippen LogP contribution < -0.4 is 5.32 Å². The molecule has 1 aromatic heterocycles. The van der Waals surface area contributed by atoms with Crippen LogP contribution in [0.2, 0.25) is 0 Å². The Hall–Kier alpha value is -2.07. The number of hydrogen-bond donors (Lipinski definition) is 2. The Labute approximate surface area is 116 Å². The first-order valence-electron chi connectivity index (χ1n) is 5.84. The van der Waals surface area contributed by atoms with E-state index in [4.69, 9.17) is 5.41 Å². The number of rotatable bonds is 4. The summed E-state index contributed by atoms with van der Waals surface area (Å²) in [7, 11) is 2.38. The monoisotopic (exact) mass is 293 g/mol. The van der Waals surface area contributed by atoms with Crippen LogP contribution in [0.1, 0.15) is 23.8 Å². The summed E-state index contributed by atoms with van der Waals surface area (Å²) in [5, 5.41) is 9.92. The average molecular weight is 293 g/mol. The molecule has 0 saturated heterocycles. The van der Waals surface area contributed by atoms with Crippen LogP contribution in [0.5, 0.6) is 0 Å². The number of halogens is 1. The summed E-state index contributed by atoms with van der Waals surface area (Å²) in [4.78, 5) is 22.8. The molecule has 1 atom stereocenters. The molecule has 0 aliphatic heterocycles. The second kappa shape index (κ2) is 5.51. The van der Waals surface area contributed by atoms with Gasteiger partial charge in [0.25, 0.3) is 0 Å². The van der Waals surface area contributed by atoms with Crippen LogP contribution in [0.25, 0.3) is 10.9 Å². The molecular weight excluding hydrogens is 280 g/mol. The Balaban J connectivity index is 2.57. The molecule has 0 bridgehead atoms. The van der Waals surface area contributed by atoms with E-state index >= 15 is 0 Å². The largest absolute Gasteiger partial charge is 0.324 e. The Kier molecular flexibility index (Phi) is 3.95. The maximum atomic E-state index is 13.8. The Morgan fingerprint density at radius 3 is 2.75 bits per heavy atom. The number of carbonyl (C=O) groups is 2. The van der Waals surface area contributed by atoms with E-state index in [0.29, 0.717) is 16.6 Å². The van der Waals surface area contributed by atoms with Crippen LogP contribution in [0, 0.1) is 11.2 Å². The minimum absolute atomic E-state index is 0.00818. The lowest BCUT2D eigenvalue weighted by molar-refractivity contribution is -0.114. The van der Waals surface area contributed by atoms with Crippen LogP contribution in [0.3, 0.4) is 0 Å². The second-order valence-electron chi connectivity index (χ2n) is 4.30. The van der Waals surface area contributed by atoms with Crippen LogP contribution >= 0.6 is 9.39 Å². The Morgan fingerprint density at radius 2 is 2.15 bits per heavy atom. The van der Waals surface area contributed by atoms with Gasteiger partial charge in [0.05, 0.1) is 16.9 Å². The minimum atomic E-state index is -0.561. The van der Waals surface area contributed by atoms with Crippen molar-refractivity contribution in [3.63, 3.8) is 0 Å². The second-order valence-corrected chi connectivity index (χ2v) is 4.82. The number of aromatic nitrogens is 1. The van der Waals surface area contributed by atoms with E-state index in [1.54, 1.807) is 10.4 Å². The fraction of sp³-hybridized carbons (Fsp3) is 0.154. The van der Waals surface area contributed by atoms with Gasteiger partial charge in [-0.05, 0) is 27.6 Å². The highest BCUT2D eigenvalue weighted by atomic mass is 31.0. The molecule has 0 aliphatic rings. The van der Waals surface area contributed by atoms with E-state index in [9.17, 15) is 14.0 Å². The number of Topliss-reactive ketones (excluding diaryl/α,β-unsaturated/α-hetero) is 1. The maximum Gasteiger partial charge on any atom is 0.221 e.